The van der Waals surface area contributed by atoms with E-state index in [0.717, 1.165) is 17.9 Å². The van der Waals surface area contributed by atoms with Crippen LogP contribution in [0.5, 0.6) is 0 Å². The molecule has 1 atom stereocenters. The highest BCUT2D eigenvalue weighted by molar-refractivity contribution is 6.06. The van der Waals surface area contributed by atoms with E-state index >= 15 is 0 Å². The summed E-state index contributed by atoms with van der Waals surface area (Å²) < 4.78 is 0. The van der Waals surface area contributed by atoms with Crippen molar-refractivity contribution in [2.24, 2.45) is 0 Å². The SMILES string of the molecule is CC1Cc2ccccc2N1C(=O)c1cnc(NC2CC2)cn1. The van der Waals surface area contributed by atoms with Crippen LogP contribution < -0.4 is 10.2 Å². The van der Waals surface area contributed by atoms with E-state index in [1.54, 1.807) is 12.4 Å². The summed E-state index contributed by atoms with van der Waals surface area (Å²) in [6, 6.07) is 8.72. The molecule has 0 radical (unpaired) electrons. The lowest BCUT2D eigenvalue weighted by molar-refractivity contribution is 0.0976. The van der Waals surface area contributed by atoms with Gasteiger partial charge in [0.15, 0.2) is 0 Å². The molecule has 2 aliphatic rings. The van der Waals surface area contributed by atoms with E-state index in [-0.39, 0.29) is 11.9 Å². The van der Waals surface area contributed by atoms with Crippen molar-refractivity contribution < 1.29 is 4.79 Å². The summed E-state index contributed by atoms with van der Waals surface area (Å²) in [5.41, 5.74) is 2.59. The Kier molecular flexibility index (Phi) is 3.06. The van der Waals surface area contributed by atoms with Crippen molar-refractivity contribution in [3.8, 4) is 0 Å². The van der Waals surface area contributed by atoms with Crippen molar-refractivity contribution in [3.63, 3.8) is 0 Å². The van der Waals surface area contributed by atoms with E-state index in [1.807, 2.05) is 23.1 Å². The van der Waals surface area contributed by atoms with Crippen LogP contribution in [0.15, 0.2) is 36.7 Å². The molecule has 1 amide bonds. The molecular weight excluding hydrogens is 276 g/mol. The molecule has 112 valence electrons. The first-order chi connectivity index (χ1) is 10.7. The number of fused-ring (bicyclic) bond motifs is 1. The Hall–Kier alpha value is -2.43. The van der Waals surface area contributed by atoms with Gasteiger partial charge in [-0.3, -0.25) is 4.79 Å². The van der Waals surface area contributed by atoms with Gasteiger partial charge >= 0.3 is 0 Å². The van der Waals surface area contributed by atoms with Gasteiger partial charge in [-0.25, -0.2) is 9.97 Å². The van der Waals surface area contributed by atoms with Crippen LogP contribution in [0.1, 0.15) is 35.8 Å². The molecule has 1 aliphatic carbocycles. The van der Waals surface area contributed by atoms with Crippen LogP contribution in [-0.2, 0) is 6.42 Å². The quantitative estimate of drug-likeness (QED) is 0.945. The molecule has 1 aromatic heterocycles. The lowest BCUT2D eigenvalue weighted by Gasteiger charge is -2.22. The molecule has 2 heterocycles. The third-order valence-electron chi connectivity index (χ3n) is 4.23. The number of nitrogens with zero attached hydrogens (tertiary/aromatic N) is 3. The van der Waals surface area contributed by atoms with Crippen molar-refractivity contribution in [2.75, 3.05) is 10.2 Å². The molecule has 1 unspecified atom stereocenters. The van der Waals surface area contributed by atoms with Gasteiger partial charge in [0.1, 0.15) is 11.5 Å². The first-order valence-electron chi connectivity index (χ1n) is 7.72. The number of anilines is 2. The number of benzene rings is 1. The number of amides is 1. The largest absolute Gasteiger partial charge is 0.366 e. The fourth-order valence-electron chi connectivity index (χ4n) is 2.95. The molecule has 0 saturated heterocycles. The Morgan fingerprint density at radius 2 is 2.05 bits per heavy atom. The van der Waals surface area contributed by atoms with Crippen LogP contribution in [0.2, 0.25) is 0 Å². The standard InChI is InChI=1S/C17H18N4O/c1-11-8-12-4-2-3-5-15(12)21(11)17(22)14-9-19-16(10-18-14)20-13-6-7-13/h2-5,9-11,13H,6-8H2,1H3,(H,19,20). The number of nitrogens with one attached hydrogen (secondary N) is 1. The Morgan fingerprint density at radius 3 is 2.77 bits per heavy atom. The smallest absolute Gasteiger partial charge is 0.278 e. The van der Waals surface area contributed by atoms with Gasteiger partial charge in [-0.1, -0.05) is 18.2 Å². The number of rotatable bonds is 3. The van der Waals surface area contributed by atoms with Crippen molar-refractivity contribution in [1.29, 1.82) is 0 Å². The molecule has 0 spiro atoms. The summed E-state index contributed by atoms with van der Waals surface area (Å²) in [5, 5.41) is 3.28. The van der Waals surface area contributed by atoms with E-state index in [1.165, 1.54) is 18.4 Å². The Bertz CT molecular complexity index is 709. The van der Waals surface area contributed by atoms with Crippen LogP contribution in [0.4, 0.5) is 11.5 Å². The molecular formula is C17H18N4O. The zero-order valence-corrected chi connectivity index (χ0v) is 12.5. The number of carbonyl (C=O) groups excluding carboxylic acids is 1. The van der Waals surface area contributed by atoms with Gasteiger partial charge in [0.25, 0.3) is 5.91 Å². The highest BCUT2D eigenvalue weighted by atomic mass is 16.2. The molecule has 4 rings (SSSR count). The number of aromatic nitrogens is 2. The second-order valence-electron chi connectivity index (χ2n) is 6.06. The molecule has 5 nitrogen and oxygen atoms in total. The van der Waals surface area contributed by atoms with E-state index in [2.05, 4.69) is 28.3 Å². The van der Waals surface area contributed by atoms with E-state index in [9.17, 15) is 4.79 Å². The van der Waals surface area contributed by atoms with Crippen LogP contribution >= 0.6 is 0 Å². The maximum atomic E-state index is 12.8. The van der Waals surface area contributed by atoms with Crippen LogP contribution in [0.25, 0.3) is 0 Å². The molecule has 22 heavy (non-hydrogen) atoms. The first-order valence-corrected chi connectivity index (χ1v) is 7.72. The molecule has 1 aromatic carbocycles. The van der Waals surface area contributed by atoms with Gasteiger partial charge in [0.2, 0.25) is 0 Å². The summed E-state index contributed by atoms with van der Waals surface area (Å²) >= 11 is 0. The number of hydrogen-bond acceptors (Lipinski definition) is 4. The minimum absolute atomic E-state index is 0.0806. The molecule has 1 aliphatic heterocycles. The average molecular weight is 294 g/mol. The van der Waals surface area contributed by atoms with Crippen molar-refractivity contribution in [2.45, 2.75) is 38.3 Å². The number of hydrogen-bond donors (Lipinski definition) is 1. The van der Waals surface area contributed by atoms with Gasteiger partial charge in [-0.15, -0.1) is 0 Å². The molecule has 1 saturated carbocycles. The molecule has 5 heteroatoms. The first kappa shape index (κ1) is 13.2. The number of para-hydroxylation sites is 1. The summed E-state index contributed by atoms with van der Waals surface area (Å²) in [7, 11) is 0. The zero-order valence-electron chi connectivity index (χ0n) is 12.5. The van der Waals surface area contributed by atoms with Gasteiger partial charge in [-0.2, -0.15) is 0 Å². The topological polar surface area (TPSA) is 58.1 Å². The maximum absolute atomic E-state index is 12.8. The van der Waals surface area contributed by atoms with E-state index in [4.69, 9.17) is 0 Å². The molecule has 1 fully saturated rings. The molecule has 2 aromatic rings. The summed E-state index contributed by atoms with van der Waals surface area (Å²) in [6.45, 7) is 2.06. The predicted octanol–water partition coefficient (Wildman–Crippen LogP) is 2.64. The zero-order chi connectivity index (χ0) is 15.1. The average Bonchev–Trinajstić information content (AvgIpc) is 3.27. The van der Waals surface area contributed by atoms with Gasteiger partial charge in [0, 0.05) is 17.8 Å². The maximum Gasteiger partial charge on any atom is 0.278 e. The highest BCUT2D eigenvalue weighted by Gasteiger charge is 2.32. The van der Waals surface area contributed by atoms with Crippen LogP contribution in [0, 0.1) is 0 Å². The van der Waals surface area contributed by atoms with Gasteiger partial charge in [0.05, 0.1) is 12.4 Å². The normalized spacial score (nSPS) is 19.9. The summed E-state index contributed by atoms with van der Waals surface area (Å²) in [6.07, 6.45) is 6.48. The second kappa shape index (κ2) is 5.09. The Morgan fingerprint density at radius 1 is 1.23 bits per heavy atom. The van der Waals surface area contributed by atoms with Crippen LogP contribution in [0.3, 0.4) is 0 Å². The third kappa shape index (κ3) is 2.32. The van der Waals surface area contributed by atoms with Gasteiger partial charge < -0.3 is 10.2 Å². The summed E-state index contributed by atoms with van der Waals surface area (Å²) in [4.78, 5) is 23.2. The second-order valence-corrected chi connectivity index (χ2v) is 6.06. The van der Waals surface area contributed by atoms with Gasteiger partial charge in [-0.05, 0) is 37.8 Å². The van der Waals surface area contributed by atoms with Crippen molar-refractivity contribution >= 4 is 17.4 Å². The predicted molar refractivity (Wildman–Crippen MR) is 85.1 cm³/mol. The minimum atomic E-state index is -0.0806. The lowest BCUT2D eigenvalue weighted by Crippen LogP contribution is -2.36. The van der Waals surface area contributed by atoms with Crippen molar-refractivity contribution in [1.82, 2.24) is 9.97 Å². The Balaban J connectivity index is 1.58. The minimum Gasteiger partial charge on any atom is -0.366 e. The monoisotopic (exact) mass is 294 g/mol. The fourth-order valence-corrected chi connectivity index (χ4v) is 2.95. The third-order valence-corrected chi connectivity index (χ3v) is 4.23. The van der Waals surface area contributed by atoms with E-state index in [0.29, 0.717) is 11.7 Å². The van der Waals surface area contributed by atoms with E-state index < -0.39 is 0 Å². The molecule has 0 bridgehead atoms. The van der Waals surface area contributed by atoms with Crippen LogP contribution in [-0.4, -0.2) is 28.0 Å². The number of carbonyl (C=O) groups is 1. The lowest BCUT2D eigenvalue weighted by atomic mass is 10.1. The summed E-state index contributed by atoms with van der Waals surface area (Å²) in [5.74, 6) is 0.664. The highest BCUT2D eigenvalue weighted by Crippen LogP contribution is 2.32. The van der Waals surface area contributed by atoms with Crippen molar-refractivity contribution in [3.05, 3.63) is 47.9 Å². The Labute approximate surface area is 129 Å². The fraction of sp³-hybridized carbons (Fsp3) is 0.353. The molecule has 1 N–H and O–H groups in total.